The van der Waals surface area contributed by atoms with Gasteiger partial charge in [0.15, 0.2) is 0 Å². The monoisotopic (exact) mass is 290 g/mol. The van der Waals surface area contributed by atoms with Gasteiger partial charge in [-0.15, -0.1) is 0 Å². The number of piperazine rings is 1. The molecule has 0 radical (unpaired) electrons. The van der Waals surface area contributed by atoms with E-state index in [-0.39, 0.29) is 6.10 Å². The second-order valence-electron chi connectivity index (χ2n) is 6.25. The molecule has 3 heteroatoms. The minimum absolute atomic E-state index is 0.110. The van der Waals surface area contributed by atoms with Crippen LogP contribution in [0.5, 0.6) is 0 Å². The Morgan fingerprint density at radius 2 is 1.86 bits per heavy atom. The fraction of sp³-hybridized carbons (Fsp3) is 0.667. The zero-order valence-corrected chi connectivity index (χ0v) is 13.8. The number of nitrogens with zero attached hydrogens (tertiary/aromatic N) is 2. The van der Waals surface area contributed by atoms with E-state index in [1.807, 2.05) is 6.92 Å². The van der Waals surface area contributed by atoms with E-state index in [0.717, 1.165) is 52.0 Å². The van der Waals surface area contributed by atoms with Crippen molar-refractivity contribution in [3.05, 3.63) is 29.3 Å². The number of anilines is 1. The van der Waals surface area contributed by atoms with Gasteiger partial charge < -0.3 is 10.0 Å². The summed E-state index contributed by atoms with van der Waals surface area (Å²) in [6.07, 6.45) is 2.81. The molecule has 1 atom stereocenters. The highest BCUT2D eigenvalue weighted by atomic mass is 16.3. The smallest absolute Gasteiger partial charge is 0.0538 e. The Kier molecular flexibility index (Phi) is 6.07. The maximum atomic E-state index is 9.61. The Morgan fingerprint density at radius 3 is 2.52 bits per heavy atom. The van der Waals surface area contributed by atoms with Crippen LogP contribution in [0, 0.1) is 13.8 Å². The van der Waals surface area contributed by atoms with Crippen LogP contribution in [0.4, 0.5) is 5.69 Å². The van der Waals surface area contributed by atoms with Crippen LogP contribution >= 0.6 is 0 Å². The fourth-order valence-electron chi connectivity index (χ4n) is 3.05. The molecule has 2 rings (SSSR count). The van der Waals surface area contributed by atoms with Crippen molar-refractivity contribution in [1.29, 1.82) is 0 Å². The van der Waals surface area contributed by atoms with Crippen LogP contribution in [-0.2, 0) is 0 Å². The quantitative estimate of drug-likeness (QED) is 0.872. The van der Waals surface area contributed by atoms with Crippen molar-refractivity contribution in [2.45, 2.75) is 46.1 Å². The number of hydrogen-bond acceptors (Lipinski definition) is 3. The molecule has 1 aliphatic rings. The normalized spacial score (nSPS) is 18.0. The number of aliphatic hydroxyl groups is 1. The first-order valence-corrected chi connectivity index (χ1v) is 8.33. The van der Waals surface area contributed by atoms with Gasteiger partial charge in [-0.1, -0.05) is 19.1 Å². The number of hydrogen-bond donors (Lipinski definition) is 1. The molecule has 1 N–H and O–H groups in total. The molecule has 1 fully saturated rings. The minimum atomic E-state index is -0.110. The molecule has 1 heterocycles. The van der Waals surface area contributed by atoms with E-state index in [0.29, 0.717) is 0 Å². The maximum absolute atomic E-state index is 9.61. The van der Waals surface area contributed by atoms with E-state index >= 15 is 0 Å². The summed E-state index contributed by atoms with van der Waals surface area (Å²) < 4.78 is 0. The Hall–Kier alpha value is -1.06. The highest BCUT2D eigenvalue weighted by Gasteiger charge is 2.18. The van der Waals surface area contributed by atoms with E-state index in [4.69, 9.17) is 0 Å². The number of benzene rings is 1. The molecule has 0 bridgehead atoms. The standard InChI is InChI=1S/C18H30N2O/c1-4-17(21)8-6-10-19-11-13-20(14-12-19)18-9-5-7-15(2)16(18)3/h5,7,9,17,21H,4,6,8,10-14H2,1-3H3. The predicted octanol–water partition coefficient (Wildman–Crippen LogP) is 2.98. The number of aliphatic hydroxyl groups excluding tert-OH is 1. The second kappa shape index (κ2) is 7.81. The lowest BCUT2D eigenvalue weighted by Gasteiger charge is -2.37. The van der Waals surface area contributed by atoms with Crippen LogP contribution in [0.3, 0.4) is 0 Å². The zero-order chi connectivity index (χ0) is 15.2. The first kappa shape index (κ1) is 16.3. The van der Waals surface area contributed by atoms with Crippen molar-refractivity contribution in [3.63, 3.8) is 0 Å². The average Bonchev–Trinajstić information content (AvgIpc) is 2.51. The van der Waals surface area contributed by atoms with Gasteiger partial charge in [0.1, 0.15) is 0 Å². The number of aryl methyl sites for hydroxylation is 1. The summed E-state index contributed by atoms with van der Waals surface area (Å²) in [4.78, 5) is 5.05. The summed E-state index contributed by atoms with van der Waals surface area (Å²) >= 11 is 0. The largest absolute Gasteiger partial charge is 0.393 e. The van der Waals surface area contributed by atoms with Gasteiger partial charge in [-0.2, -0.15) is 0 Å². The topological polar surface area (TPSA) is 26.7 Å². The lowest BCUT2D eigenvalue weighted by atomic mass is 10.1. The first-order valence-electron chi connectivity index (χ1n) is 8.33. The van der Waals surface area contributed by atoms with E-state index in [1.165, 1.54) is 16.8 Å². The Bertz CT molecular complexity index is 439. The molecule has 1 aliphatic heterocycles. The summed E-state index contributed by atoms with van der Waals surface area (Å²) in [5.74, 6) is 0. The van der Waals surface area contributed by atoms with Gasteiger partial charge in [-0.25, -0.2) is 0 Å². The molecule has 0 spiro atoms. The van der Waals surface area contributed by atoms with Gasteiger partial charge in [0.25, 0.3) is 0 Å². The van der Waals surface area contributed by atoms with Crippen LogP contribution in [0.15, 0.2) is 18.2 Å². The van der Waals surface area contributed by atoms with Gasteiger partial charge in [-0.3, -0.25) is 4.90 Å². The molecule has 1 aromatic rings. The summed E-state index contributed by atoms with van der Waals surface area (Å²) in [7, 11) is 0. The van der Waals surface area contributed by atoms with Crippen molar-refractivity contribution >= 4 is 5.69 Å². The van der Waals surface area contributed by atoms with E-state index in [1.54, 1.807) is 0 Å². The molecule has 1 saturated heterocycles. The van der Waals surface area contributed by atoms with E-state index in [2.05, 4.69) is 41.8 Å². The van der Waals surface area contributed by atoms with Crippen LogP contribution in [-0.4, -0.2) is 48.8 Å². The highest BCUT2D eigenvalue weighted by molar-refractivity contribution is 5.56. The molecule has 3 nitrogen and oxygen atoms in total. The maximum Gasteiger partial charge on any atom is 0.0538 e. The summed E-state index contributed by atoms with van der Waals surface area (Å²) in [6.45, 7) is 12.1. The van der Waals surface area contributed by atoms with E-state index in [9.17, 15) is 5.11 Å². The summed E-state index contributed by atoms with van der Waals surface area (Å²) in [5.41, 5.74) is 4.19. The van der Waals surface area contributed by atoms with Crippen molar-refractivity contribution in [2.75, 3.05) is 37.6 Å². The molecule has 0 aromatic heterocycles. The molecule has 0 saturated carbocycles. The van der Waals surface area contributed by atoms with Gasteiger partial charge in [0.2, 0.25) is 0 Å². The van der Waals surface area contributed by atoms with Crippen molar-refractivity contribution < 1.29 is 5.11 Å². The van der Waals surface area contributed by atoms with Gasteiger partial charge in [-0.05, 0) is 56.8 Å². The second-order valence-corrected chi connectivity index (χ2v) is 6.25. The minimum Gasteiger partial charge on any atom is -0.393 e. The SMILES string of the molecule is CCC(O)CCCN1CCN(c2cccc(C)c2C)CC1. The molecule has 1 aromatic carbocycles. The number of rotatable bonds is 6. The molecule has 118 valence electrons. The summed E-state index contributed by atoms with van der Waals surface area (Å²) in [5, 5.41) is 9.61. The highest BCUT2D eigenvalue weighted by Crippen LogP contribution is 2.23. The molecular formula is C18H30N2O. The third-order valence-corrected chi connectivity index (χ3v) is 4.77. The third kappa shape index (κ3) is 4.45. The zero-order valence-electron chi connectivity index (χ0n) is 13.8. The Balaban J connectivity index is 1.79. The Morgan fingerprint density at radius 1 is 1.14 bits per heavy atom. The molecule has 0 amide bonds. The van der Waals surface area contributed by atoms with Gasteiger partial charge >= 0.3 is 0 Å². The van der Waals surface area contributed by atoms with Gasteiger partial charge in [0.05, 0.1) is 6.10 Å². The van der Waals surface area contributed by atoms with Crippen LogP contribution in [0.1, 0.15) is 37.3 Å². The third-order valence-electron chi connectivity index (χ3n) is 4.77. The lowest BCUT2D eigenvalue weighted by Crippen LogP contribution is -2.47. The van der Waals surface area contributed by atoms with Crippen molar-refractivity contribution in [3.8, 4) is 0 Å². The molecule has 0 aliphatic carbocycles. The van der Waals surface area contributed by atoms with Crippen LogP contribution in [0.25, 0.3) is 0 Å². The Labute approximate surface area is 129 Å². The predicted molar refractivity (Wildman–Crippen MR) is 90.1 cm³/mol. The molecule has 1 unspecified atom stereocenters. The van der Waals surface area contributed by atoms with Gasteiger partial charge in [0, 0.05) is 31.9 Å². The van der Waals surface area contributed by atoms with E-state index < -0.39 is 0 Å². The van der Waals surface area contributed by atoms with Crippen LogP contribution in [0.2, 0.25) is 0 Å². The molecule has 21 heavy (non-hydrogen) atoms. The lowest BCUT2D eigenvalue weighted by molar-refractivity contribution is 0.148. The summed E-state index contributed by atoms with van der Waals surface area (Å²) in [6, 6.07) is 6.60. The average molecular weight is 290 g/mol. The van der Waals surface area contributed by atoms with Crippen molar-refractivity contribution in [2.24, 2.45) is 0 Å². The fourth-order valence-corrected chi connectivity index (χ4v) is 3.05. The first-order chi connectivity index (χ1) is 10.1. The molecular weight excluding hydrogens is 260 g/mol. The van der Waals surface area contributed by atoms with Crippen LogP contribution < -0.4 is 4.90 Å². The van der Waals surface area contributed by atoms with Crippen molar-refractivity contribution in [1.82, 2.24) is 4.90 Å².